The Labute approximate surface area is 111 Å². The summed E-state index contributed by atoms with van der Waals surface area (Å²) in [5.41, 5.74) is 7.83. The molecule has 4 heteroatoms. The Bertz CT molecular complexity index is 371. The highest BCUT2D eigenvalue weighted by Gasteiger charge is 2.27. The fraction of sp³-hybridized carbons (Fsp3) is 0.538. The second kappa shape index (κ2) is 5.38. The SMILES string of the molecule is CN(Cc1cc(N)cc(Br)c1)CC1CC(O)C1. The van der Waals surface area contributed by atoms with Gasteiger partial charge in [-0.05, 0) is 49.6 Å². The summed E-state index contributed by atoms with van der Waals surface area (Å²) in [6.45, 7) is 1.94. The second-order valence-corrected chi connectivity index (χ2v) is 6.00. The lowest BCUT2D eigenvalue weighted by atomic mass is 9.82. The summed E-state index contributed by atoms with van der Waals surface area (Å²) in [5.74, 6) is 0.652. The van der Waals surface area contributed by atoms with Crippen LogP contribution in [0.15, 0.2) is 22.7 Å². The summed E-state index contributed by atoms with van der Waals surface area (Å²) in [6.07, 6.45) is 1.84. The normalized spacial score (nSPS) is 23.8. The number of nitrogen functional groups attached to an aromatic ring is 1. The van der Waals surface area contributed by atoms with Gasteiger partial charge in [0.2, 0.25) is 0 Å². The maximum absolute atomic E-state index is 9.25. The summed E-state index contributed by atoms with van der Waals surface area (Å²) < 4.78 is 1.03. The first kappa shape index (κ1) is 12.9. The number of hydrogen-bond donors (Lipinski definition) is 2. The maximum atomic E-state index is 9.25. The molecule has 0 unspecified atom stereocenters. The molecule has 0 aromatic heterocycles. The lowest BCUT2D eigenvalue weighted by molar-refractivity contribution is 0.0274. The fourth-order valence-electron chi connectivity index (χ4n) is 2.43. The molecule has 0 radical (unpaired) electrons. The van der Waals surface area contributed by atoms with E-state index in [2.05, 4.69) is 33.9 Å². The molecule has 1 saturated carbocycles. The van der Waals surface area contributed by atoms with E-state index in [1.165, 1.54) is 5.56 Å². The van der Waals surface area contributed by atoms with E-state index < -0.39 is 0 Å². The van der Waals surface area contributed by atoms with Gasteiger partial charge in [-0.15, -0.1) is 0 Å². The Morgan fingerprint density at radius 2 is 2.12 bits per heavy atom. The van der Waals surface area contributed by atoms with Crippen LogP contribution in [-0.4, -0.2) is 29.7 Å². The topological polar surface area (TPSA) is 49.5 Å². The van der Waals surface area contributed by atoms with Crippen LogP contribution in [0.5, 0.6) is 0 Å². The third kappa shape index (κ3) is 3.69. The molecule has 0 saturated heterocycles. The lowest BCUT2D eigenvalue weighted by Gasteiger charge is -2.34. The number of nitrogens with zero attached hydrogens (tertiary/aromatic N) is 1. The van der Waals surface area contributed by atoms with Crippen LogP contribution in [0.2, 0.25) is 0 Å². The molecule has 0 spiro atoms. The first-order valence-electron chi connectivity index (χ1n) is 5.94. The van der Waals surface area contributed by atoms with Crippen LogP contribution in [-0.2, 0) is 6.54 Å². The summed E-state index contributed by atoms with van der Waals surface area (Å²) in [6, 6.07) is 6.02. The van der Waals surface area contributed by atoms with E-state index in [1.807, 2.05) is 12.1 Å². The van der Waals surface area contributed by atoms with Crippen LogP contribution in [0.4, 0.5) is 5.69 Å². The predicted molar refractivity (Wildman–Crippen MR) is 73.6 cm³/mol. The number of aliphatic hydroxyl groups is 1. The molecule has 1 aliphatic rings. The van der Waals surface area contributed by atoms with Crippen LogP contribution < -0.4 is 5.73 Å². The smallest absolute Gasteiger partial charge is 0.0546 e. The van der Waals surface area contributed by atoms with Gasteiger partial charge in [0.15, 0.2) is 0 Å². The largest absolute Gasteiger partial charge is 0.399 e. The average molecular weight is 299 g/mol. The van der Waals surface area contributed by atoms with E-state index in [9.17, 15) is 5.11 Å². The van der Waals surface area contributed by atoms with Crippen molar-refractivity contribution in [1.82, 2.24) is 4.90 Å². The Balaban J connectivity index is 1.86. The highest BCUT2D eigenvalue weighted by atomic mass is 79.9. The van der Waals surface area contributed by atoms with Crippen molar-refractivity contribution < 1.29 is 5.11 Å². The van der Waals surface area contributed by atoms with Crippen LogP contribution in [0.25, 0.3) is 0 Å². The number of hydrogen-bond acceptors (Lipinski definition) is 3. The third-order valence-corrected chi connectivity index (χ3v) is 3.67. The minimum Gasteiger partial charge on any atom is -0.399 e. The highest BCUT2D eigenvalue weighted by Crippen LogP contribution is 2.28. The molecule has 1 aliphatic carbocycles. The van der Waals surface area contributed by atoms with E-state index >= 15 is 0 Å². The van der Waals surface area contributed by atoms with Gasteiger partial charge < -0.3 is 15.7 Å². The minimum atomic E-state index is -0.0603. The molecule has 0 atom stereocenters. The van der Waals surface area contributed by atoms with Crippen molar-refractivity contribution in [2.24, 2.45) is 5.92 Å². The fourth-order valence-corrected chi connectivity index (χ4v) is 2.99. The quantitative estimate of drug-likeness (QED) is 0.838. The number of aliphatic hydroxyl groups excluding tert-OH is 1. The average Bonchev–Trinajstić information content (AvgIpc) is 2.13. The Kier molecular flexibility index (Phi) is 4.07. The molecule has 0 bridgehead atoms. The van der Waals surface area contributed by atoms with Gasteiger partial charge in [0.1, 0.15) is 0 Å². The molecule has 1 aromatic rings. The van der Waals surface area contributed by atoms with Crippen molar-refractivity contribution in [2.75, 3.05) is 19.3 Å². The Morgan fingerprint density at radius 3 is 2.71 bits per heavy atom. The lowest BCUT2D eigenvalue weighted by Crippen LogP contribution is -2.36. The monoisotopic (exact) mass is 298 g/mol. The summed E-state index contributed by atoms with van der Waals surface area (Å²) in [7, 11) is 2.11. The van der Waals surface area contributed by atoms with E-state index in [0.29, 0.717) is 5.92 Å². The van der Waals surface area contributed by atoms with Gasteiger partial charge in [-0.2, -0.15) is 0 Å². The van der Waals surface area contributed by atoms with E-state index in [0.717, 1.165) is 36.1 Å². The molecule has 2 rings (SSSR count). The Hall–Kier alpha value is -0.580. The highest BCUT2D eigenvalue weighted by molar-refractivity contribution is 9.10. The molecule has 94 valence electrons. The zero-order valence-electron chi connectivity index (χ0n) is 10.1. The van der Waals surface area contributed by atoms with Crippen LogP contribution in [0, 0.1) is 5.92 Å². The minimum absolute atomic E-state index is 0.0603. The van der Waals surface area contributed by atoms with Crippen LogP contribution >= 0.6 is 15.9 Å². The van der Waals surface area contributed by atoms with Gasteiger partial charge in [-0.1, -0.05) is 15.9 Å². The molecule has 1 fully saturated rings. The summed E-state index contributed by atoms with van der Waals surface area (Å²) >= 11 is 3.45. The number of anilines is 1. The van der Waals surface area contributed by atoms with Crippen molar-refractivity contribution in [2.45, 2.75) is 25.5 Å². The maximum Gasteiger partial charge on any atom is 0.0546 e. The summed E-state index contributed by atoms with van der Waals surface area (Å²) in [4.78, 5) is 2.29. The van der Waals surface area contributed by atoms with Crippen LogP contribution in [0.3, 0.4) is 0 Å². The molecule has 1 aromatic carbocycles. The molecule has 0 amide bonds. The van der Waals surface area contributed by atoms with E-state index in [4.69, 9.17) is 5.73 Å². The van der Waals surface area contributed by atoms with Gasteiger partial charge >= 0.3 is 0 Å². The number of halogens is 1. The number of rotatable bonds is 4. The van der Waals surface area contributed by atoms with Gasteiger partial charge in [0.25, 0.3) is 0 Å². The van der Waals surface area contributed by atoms with Gasteiger partial charge in [0, 0.05) is 23.2 Å². The second-order valence-electron chi connectivity index (χ2n) is 5.08. The van der Waals surface area contributed by atoms with Gasteiger partial charge in [-0.3, -0.25) is 0 Å². The van der Waals surface area contributed by atoms with Gasteiger partial charge in [0.05, 0.1) is 6.10 Å². The zero-order valence-corrected chi connectivity index (χ0v) is 11.7. The first-order chi connectivity index (χ1) is 8.02. The predicted octanol–water partition coefficient (Wildman–Crippen LogP) is 2.23. The Morgan fingerprint density at radius 1 is 1.41 bits per heavy atom. The summed E-state index contributed by atoms with van der Waals surface area (Å²) in [5, 5.41) is 9.25. The molecule has 3 nitrogen and oxygen atoms in total. The molecule has 0 heterocycles. The molecule has 3 N–H and O–H groups in total. The third-order valence-electron chi connectivity index (χ3n) is 3.21. The van der Waals surface area contributed by atoms with Crippen LogP contribution in [0.1, 0.15) is 18.4 Å². The van der Waals surface area contributed by atoms with Crippen molar-refractivity contribution in [3.8, 4) is 0 Å². The van der Waals surface area contributed by atoms with Crippen molar-refractivity contribution in [3.63, 3.8) is 0 Å². The zero-order chi connectivity index (χ0) is 12.4. The van der Waals surface area contributed by atoms with Gasteiger partial charge in [-0.25, -0.2) is 0 Å². The number of benzene rings is 1. The van der Waals surface area contributed by atoms with Crippen molar-refractivity contribution in [3.05, 3.63) is 28.2 Å². The first-order valence-corrected chi connectivity index (χ1v) is 6.74. The van der Waals surface area contributed by atoms with E-state index in [-0.39, 0.29) is 6.10 Å². The molecule has 17 heavy (non-hydrogen) atoms. The van der Waals surface area contributed by atoms with Crippen molar-refractivity contribution >= 4 is 21.6 Å². The number of nitrogens with two attached hydrogens (primary N) is 1. The standard InChI is InChI=1S/C13H19BrN2O/c1-16(8-10-4-13(17)5-10)7-9-2-11(14)6-12(15)3-9/h2-3,6,10,13,17H,4-5,7-8,15H2,1H3. The molecular formula is C13H19BrN2O. The van der Waals surface area contributed by atoms with E-state index in [1.54, 1.807) is 0 Å². The van der Waals surface area contributed by atoms with Crippen molar-refractivity contribution in [1.29, 1.82) is 0 Å². The molecule has 0 aliphatic heterocycles. The molecular weight excluding hydrogens is 280 g/mol.